The van der Waals surface area contributed by atoms with Gasteiger partial charge in [-0.15, -0.1) is 24.5 Å². The lowest BCUT2D eigenvalue weighted by molar-refractivity contribution is -0.385. The molecule has 10 heteroatoms. The summed E-state index contributed by atoms with van der Waals surface area (Å²) in [6, 6.07) is 6.35. The molecule has 0 aliphatic carbocycles. The zero-order valence-corrected chi connectivity index (χ0v) is 14.0. The van der Waals surface area contributed by atoms with Crippen LogP contribution in [-0.4, -0.2) is 29.1 Å². The first kappa shape index (κ1) is 18.7. The van der Waals surface area contributed by atoms with Crippen molar-refractivity contribution < 1.29 is 27.6 Å². The molecule has 6 nitrogen and oxygen atoms in total. The summed E-state index contributed by atoms with van der Waals surface area (Å²) in [5, 5.41) is 10.8. The molecular weight excluding hydrogens is 361 g/mol. The summed E-state index contributed by atoms with van der Waals surface area (Å²) in [7, 11) is 1.50. The highest BCUT2D eigenvalue weighted by Crippen LogP contribution is 2.29. The molecule has 0 aliphatic heterocycles. The van der Waals surface area contributed by atoms with Crippen molar-refractivity contribution in [3.8, 4) is 5.75 Å². The summed E-state index contributed by atoms with van der Waals surface area (Å²) >= 11 is 1.02. The third kappa shape index (κ3) is 4.92. The van der Waals surface area contributed by atoms with E-state index in [1.165, 1.54) is 30.1 Å². The average molecular weight is 374 g/mol. The molecule has 0 spiro atoms. The third-order valence-electron chi connectivity index (χ3n) is 3.22. The van der Waals surface area contributed by atoms with Crippen LogP contribution in [0.1, 0.15) is 20.1 Å². The molecule has 2 rings (SSSR count). The topological polar surface area (TPSA) is 72.7 Å². The normalized spacial score (nSPS) is 11.2. The first-order chi connectivity index (χ1) is 11.6. The third-order valence-corrected chi connectivity index (χ3v) is 4.25. The Kier molecular flexibility index (Phi) is 5.31. The molecule has 0 atom stereocenters. The Morgan fingerprint density at radius 2 is 1.92 bits per heavy atom. The Morgan fingerprint density at radius 3 is 2.40 bits per heavy atom. The molecule has 0 saturated carbocycles. The van der Waals surface area contributed by atoms with E-state index in [9.17, 15) is 28.1 Å². The van der Waals surface area contributed by atoms with Gasteiger partial charge in [-0.05, 0) is 24.6 Å². The van der Waals surface area contributed by atoms with Crippen LogP contribution in [0.5, 0.6) is 5.75 Å². The molecule has 2 aromatic rings. The Labute approximate surface area is 144 Å². The monoisotopic (exact) mass is 374 g/mol. The first-order valence-corrected chi connectivity index (χ1v) is 7.73. The Morgan fingerprint density at radius 1 is 1.32 bits per heavy atom. The Bertz CT molecular complexity index is 787. The van der Waals surface area contributed by atoms with Gasteiger partial charge >= 0.3 is 6.36 Å². The van der Waals surface area contributed by atoms with Crippen LogP contribution in [-0.2, 0) is 6.54 Å². The van der Waals surface area contributed by atoms with Gasteiger partial charge in [0.2, 0.25) is 0 Å². The smallest absolute Gasteiger partial charge is 0.406 e. The van der Waals surface area contributed by atoms with E-state index >= 15 is 0 Å². The number of halogens is 3. The number of nitrogens with zero attached hydrogens (tertiary/aromatic N) is 2. The number of ether oxygens (including phenoxy) is 1. The molecule has 0 radical (unpaired) electrons. The molecule has 134 valence electrons. The molecule has 0 N–H and O–H groups in total. The van der Waals surface area contributed by atoms with Crippen LogP contribution in [0.2, 0.25) is 0 Å². The highest BCUT2D eigenvalue weighted by Gasteiger charge is 2.31. The van der Waals surface area contributed by atoms with E-state index < -0.39 is 17.2 Å². The van der Waals surface area contributed by atoms with Crippen molar-refractivity contribution in [3.63, 3.8) is 0 Å². The SMILES string of the molecule is Cc1sc(C(=O)N(C)Cc2ccc(OC(F)(F)F)cc2)cc1[N+](=O)[O-]. The molecule has 0 aliphatic rings. The van der Waals surface area contributed by atoms with Gasteiger partial charge in [0.25, 0.3) is 11.6 Å². The largest absolute Gasteiger partial charge is 0.573 e. The second-order valence-electron chi connectivity index (χ2n) is 5.16. The van der Waals surface area contributed by atoms with Gasteiger partial charge < -0.3 is 9.64 Å². The van der Waals surface area contributed by atoms with Crippen LogP contribution < -0.4 is 4.74 Å². The van der Waals surface area contributed by atoms with Crippen molar-refractivity contribution >= 4 is 22.9 Å². The molecule has 0 saturated heterocycles. The van der Waals surface area contributed by atoms with Gasteiger partial charge in [-0.25, -0.2) is 0 Å². The minimum absolute atomic E-state index is 0.115. The zero-order valence-electron chi connectivity index (χ0n) is 13.2. The van der Waals surface area contributed by atoms with Crippen LogP contribution in [0.4, 0.5) is 18.9 Å². The van der Waals surface area contributed by atoms with E-state index in [1.54, 1.807) is 6.92 Å². The summed E-state index contributed by atoms with van der Waals surface area (Å²) in [5.41, 5.74) is 0.476. The number of aryl methyl sites for hydroxylation is 1. The van der Waals surface area contributed by atoms with Gasteiger partial charge in [-0.1, -0.05) is 12.1 Å². The molecule has 1 heterocycles. The van der Waals surface area contributed by atoms with Crippen molar-refractivity contribution in [2.45, 2.75) is 19.8 Å². The van der Waals surface area contributed by atoms with Crippen molar-refractivity contribution in [3.05, 3.63) is 55.8 Å². The Balaban J connectivity index is 2.06. The van der Waals surface area contributed by atoms with Crippen molar-refractivity contribution in [2.75, 3.05) is 7.05 Å². The molecule has 1 aromatic heterocycles. The minimum atomic E-state index is -4.76. The summed E-state index contributed by atoms with van der Waals surface area (Å²) < 4.78 is 40.1. The van der Waals surface area contributed by atoms with Crippen LogP contribution in [0, 0.1) is 17.0 Å². The fourth-order valence-corrected chi connectivity index (χ4v) is 3.07. The lowest BCUT2D eigenvalue weighted by Crippen LogP contribution is -2.25. The first-order valence-electron chi connectivity index (χ1n) is 6.92. The highest BCUT2D eigenvalue weighted by molar-refractivity contribution is 7.14. The van der Waals surface area contributed by atoms with Gasteiger partial charge in [0, 0.05) is 19.7 Å². The van der Waals surface area contributed by atoms with Gasteiger partial charge in [0.1, 0.15) is 5.75 Å². The predicted octanol–water partition coefficient (Wildman–Crippen LogP) is 4.14. The summed E-state index contributed by atoms with van der Waals surface area (Å²) in [4.78, 5) is 24.6. The highest BCUT2D eigenvalue weighted by atomic mass is 32.1. The standard InChI is InChI=1S/C15H13F3N2O4S/c1-9-12(20(22)23)7-13(25-9)14(21)19(2)8-10-3-5-11(6-4-10)24-15(16,17)18/h3-7H,8H2,1-2H3. The predicted molar refractivity (Wildman–Crippen MR) is 84.6 cm³/mol. The van der Waals surface area contributed by atoms with Crippen LogP contribution >= 0.6 is 11.3 Å². The Hall–Kier alpha value is -2.62. The van der Waals surface area contributed by atoms with E-state index in [-0.39, 0.29) is 22.9 Å². The molecular formula is C15H13F3N2O4S. The van der Waals surface area contributed by atoms with E-state index in [4.69, 9.17) is 0 Å². The lowest BCUT2D eigenvalue weighted by Gasteiger charge is -2.16. The fourth-order valence-electron chi connectivity index (χ4n) is 2.09. The van der Waals surface area contributed by atoms with E-state index in [0.717, 1.165) is 23.5 Å². The summed E-state index contributed by atoms with van der Waals surface area (Å²) in [5.74, 6) is -0.758. The quantitative estimate of drug-likeness (QED) is 0.583. The number of thiophene rings is 1. The number of hydrogen-bond acceptors (Lipinski definition) is 5. The minimum Gasteiger partial charge on any atom is -0.406 e. The summed E-state index contributed by atoms with van der Waals surface area (Å²) in [6.45, 7) is 1.69. The molecule has 0 bridgehead atoms. The van der Waals surface area contributed by atoms with Gasteiger partial charge in [0.05, 0.1) is 14.7 Å². The van der Waals surface area contributed by atoms with E-state index in [2.05, 4.69) is 4.74 Å². The molecule has 0 fully saturated rings. The lowest BCUT2D eigenvalue weighted by atomic mass is 10.2. The van der Waals surface area contributed by atoms with Gasteiger partial charge in [0.15, 0.2) is 0 Å². The molecule has 25 heavy (non-hydrogen) atoms. The number of hydrogen-bond donors (Lipinski definition) is 0. The van der Waals surface area contributed by atoms with E-state index in [0.29, 0.717) is 10.4 Å². The number of carbonyl (C=O) groups is 1. The zero-order chi connectivity index (χ0) is 18.8. The average Bonchev–Trinajstić information content (AvgIpc) is 2.89. The van der Waals surface area contributed by atoms with Gasteiger partial charge in [-0.2, -0.15) is 0 Å². The second-order valence-corrected chi connectivity index (χ2v) is 6.42. The maximum atomic E-state index is 12.3. The molecule has 1 amide bonds. The number of benzene rings is 1. The van der Waals surface area contributed by atoms with Crippen LogP contribution in [0.25, 0.3) is 0 Å². The van der Waals surface area contributed by atoms with Crippen molar-refractivity contribution in [1.82, 2.24) is 4.90 Å². The summed E-state index contributed by atoms with van der Waals surface area (Å²) in [6.07, 6.45) is -4.76. The van der Waals surface area contributed by atoms with E-state index in [1.807, 2.05) is 0 Å². The maximum Gasteiger partial charge on any atom is 0.573 e. The molecule has 1 aromatic carbocycles. The van der Waals surface area contributed by atoms with Crippen LogP contribution in [0.15, 0.2) is 30.3 Å². The number of nitro groups is 1. The van der Waals surface area contributed by atoms with Gasteiger partial charge in [-0.3, -0.25) is 14.9 Å². The van der Waals surface area contributed by atoms with Crippen molar-refractivity contribution in [1.29, 1.82) is 0 Å². The maximum absolute atomic E-state index is 12.3. The van der Waals surface area contributed by atoms with Crippen LogP contribution in [0.3, 0.4) is 0 Å². The fraction of sp³-hybridized carbons (Fsp3) is 0.267. The molecule has 0 unspecified atom stereocenters. The number of rotatable bonds is 5. The van der Waals surface area contributed by atoms with Crippen molar-refractivity contribution in [2.24, 2.45) is 0 Å². The second kappa shape index (κ2) is 7.09. The number of alkyl halides is 3. The number of amides is 1. The number of carbonyl (C=O) groups excluding carboxylic acids is 1.